The lowest BCUT2D eigenvalue weighted by Crippen LogP contribution is -2.22. The second kappa shape index (κ2) is 4.87. The topological polar surface area (TPSA) is 99.4 Å². The first-order valence-electron chi connectivity index (χ1n) is 3.73. The molecule has 1 rings (SSSR count). The number of hydrogen-bond acceptors (Lipinski definition) is 6. The van der Waals surface area contributed by atoms with Crippen molar-refractivity contribution in [3.05, 3.63) is 24.3 Å². The highest BCUT2D eigenvalue weighted by atomic mass is 16.6. The average Bonchev–Trinajstić information content (AvgIpc) is 2.01. The molecule has 0 fully saturated rings. The first-order valence-corrected chi connectivity index (χ1v) is 3.73. The van der Waals surface area contributed by atoms with Crippen molar-refractivity contribution in [2.75, 3.05) is 0 Å². The SMILES string of the molecule is OB(O)Oc1cccc(OB(O)O)c1. The molecule has 0 aliphatic rings. The van der Waals surface area contributed by atoms with Gasteiger partial charge in [-0.1, -0.05) is 6.07 Å². The van der Waals surface area contributed by atoms with E-state index in [4.69, 9.17) is 20.1 Å². The first kappa shape index (κ1) is 10.9. The van der Waals surface area contributed by atoms with E-state index in [1.54, 1.807) is 0 Å². The molecule has 0 spiro atoms. The summed E-state index contributed by atoms with van der Waals surface area (Å²) in [4.78, 5) is 0. The Morgan fingerprint density at radius 3 is 1.64 bits per heavy atom. The Kier molecular flexibility index (Phi) is 3.78. The van der Waals surface area contributed by atoms with Gasteiger partial charge in [0, 0.05) is 6.07 Å². The predicted molar refractivity (Wildman–Crippen MR) is 48.1 cm³/mol. The van der Waals surface area contributed by atoms with Gasteiger partial charge in [-0.05, 0) is 12.1 Å². The lowest BCUT2D eigenvalue weighted by atomic mass is 10.2. The molecule has 0 unspecified atom stereocenters. The monoisotopic (exact) mass is 198 g/mol. The van der Waals surface area contributed by atoms with Crippen LogP contribution in [0.3, 0.4) is 0 Å². The third-order valence-corrected chi connectivity index (χ3v) is 1.29. The van der Waals surface area contributed by atoms with Gasteiger partial charge in [-0.15, -0.1) is 0 Å². The number of hydrogen-bond donors (Lipinski definition) is 4. The van der Waals surface area contributed by atoms with Gasteiger partial charge in [0.25, 0.3) is 0 Å². The van der Waals surface area contributed by atoms with Crippen LogP contribution in [0.25, 0.3) is 0 Å². The molecular formula is C6H8B2O6. The van der Waals surface area contributed by atoms with E-state index in [1.807, 2.05) is 0 Å². The molecule has 8 heteroatoms. The van der Waals surface area contributed by atoms with Crippen molar-refractivity contribution in [2.45, 2.75) is 0 Å². The van der Waals surface area contributed by atoms with Gasteiger partial charge in [0.1, 0.15) is 11.5 Å². The Balaban J connectivity index is 2.68. The minimum absolute atomic E-state index is 0.137. The highest BCUT2D eigenvalue weighted by molar-refractivity contribution is 6.34. The first-order chi connectivity index (χ1) is 6.58. The zero-order valence-corrected chi connectivity index (χ0v) is 7.07. The minimum atomic E-state index is -1.93. The molecule has 6 nitrogen and oxygen atoms in total. The zero-order chi connectivity index (χ0) is 10.6. The van der Waals surface area contributed by atoms with Crippen LogP contribution in [0.15, 0.2) is 24.3 Å². The van der Waals surface area contributed by atoms with E-state index in [1.165, 1.54) is 24.3 Å². The third-order valence-electron chi connectivity index (χ3n) is 1.29. The molecule has 0 heterocycles. The average molecular weight is 198 g/mol. The van der Waals surface area contributed by atoms with E-state index >= 15 is 0 Å². The van der Waals surface area contributed by atoms with Crippen molar-refractivity contribution in [1.29, 1.82) is 0 Å². The fraction of sp³-hybridized carbons (Fsp3) is 0. The largest absolute Gasteiger partial charge is 0.707 e. The lowest BCUT2D eigenvalue weighted by Gasteiger charge is -2.07. The van der Waals surface area contributed by atoms with Gasteiger partial charge in [-0.2, -0.15) is 0 Å². The highest BCUT2D eigenvalue weighted by Crippen LogP contribution is 2.19. The van der Waals surface area contributed by atoms with Crippen molar-refractivity contribution in [3.8, 4) is 11.5 Å². The summed E-state index contributed by atoms with van der Waals surface area (Å²) in [5.74, 6) is 0.274. The van der Waals surface area contributed by atoms with Gasteiger partial charge >= 0.3 is 14.6 Å². The third kappa shape index (κ3) is 3.67. The summed E-state index contributed by atoms with van der Waals surface area (Å²) in [7, 11) is -3.85. The smallest absolute Gasteiger partial charge is 0.512 e. The quantitative estimate of drug-likeness (QED) is 0.434. The summed E-state index contributed by atoms with van der Waals surface area (Å²) in [5.41, 5.74) is 0. The predicted octanol–water partition coefficient (Wildman–Crippen LogP) is -1.62. The van der Waals surface area contributed by atoms with E-state index in [0.29, 0.717) is 0 Å². The second-order valence-electron chi connectivity index (χ2n) is 2.36. The van der Waals surface area contributed by atoms with E-state index in [-0.39, 0.29) is 11.5 Å². The van der Waals surface area contributed by atoms with Gasteiger partial charge in [0.05, 0.1) is 0 Å². The molecule has 0 aliphatic heterocycles. The summed E-state index contributed by atoms with van der Waals surface area (Å²) in [6.07, 6.45) is 0. The Hall–Kier alpha value is -1.21. The van der Waals surface area contributed by atoms with Gasteiger partial charge in [0.15, 0.2) is 0 Å². The molecule has 1 aromatic rings. The molecule has 14 heavy (non-hydrogen) atoms. The Labute approximate surface area is 80.7 Å². The Bertz CT molecular complexity index is 266. The van der Waals surface area contributed by atoms with Crippen molar-refractivity contribution >= 4 is 14.6 Å². The van der Waals surface area contributed by atoms with E-state index in [9.17, 15) is 0 Å². The maximum Gasteiger partial charge on any atom is 0.707 e. The van der Waals surface area contributed by atoms with Crippen molar-refractivity contribution in [2.24, 2.45) is 0 Å². The van der Waals surface area contributed by atoms with Crippen LogP contribution in [-0.2, 0) is 0 Å². The van der Waals surface area contributed by atoms with Crippen LogP contribution in [0.2, 0.25) is 0 Å². The fourth-order valence-electron chi connectivity index (χ4n) is 0.864. The molecule has 0 bridgehead atoms. The lowest BCUT2D eigenvalue weighted by molar-refractivity contribution is 0.283. The second-order valence-corrected chi connectivity index (χ2v) is 2.36. The molecule has 0 saturated heterocycles. The van der Waals surface area contributed by atoms with Crippen LogP contribution >= 0.6 is 0 Å². The molecule has 0 saturated carbocycles. The van der Waals surface area contributed by atoms with Gasteiger partial charge in [0.2, 0.25) is 0 Å². The van der Waals surface area contributed by atoms with Crippen molar-refractivity contribution in [1.82, 2.24) is 0 Å². The molecule has 0 aromatic heterocycles. The molecule has 0 aliphatic carbocycles. The van der Waals surface area contributed by atoms with Gasteiger partial charge in [-0.25, -0.2) is 0 Å². The summed E-state index contributed by atoms with van der Waals surface area (Å²) in [6.45, 7) is 0. The maximum absolute atomic E-state index is 8.47. The molecular weight excluding hydrogens is 190 g/mol. The summed E-state index contributed by atoms with van der Waals surface area (Å²) >= 11 is 0. The molecule has 0 amide bonds. The van der Waals surface area contributed by atoms with E-state index < -0.39 is 14.6 Å². The molecule has 74 valence electrons. The Morgan fingerprint density at radius 2 is 1.29 bits per heavy atom. The van der Waals surface area contributed by atoms with Crippen LogP contribution in [0, 0.1) is 0 Å². The van der Waals surface area contributed by atoms with Crippen LogP contribution in [-0.4, -0.2) is 34.7 Å². The molecule has 4 N–H and O–H groups in total. The summed E-state index contributed by atoms with van der Waals surface area (Å²) in [5, 5.41) is 33.9. The van der Waals surface area contributed by atoms with Gasteiger partial charge < -0.3 is 29.4 Å². The van der Waals surface area contributed by atoms with Crippen LogP contribution < -0.4 is 9.31 Å². The molecule has 0 radical (unpaired) electrons. The van der Waals surface area contributed by atoms with E-state index in [0.717, 1.165) is 0 Å². The van der Waals surface area contributed by atoms with Crippen LogP contribution in [0.5, 0.6) is 11.5 Å². The highest BCUT2D eigenvalue weighted by Gasteiger charge is 2.14. The normalized spacial score (nSPS) is 9.43. The fourth-order valence-corrected chi connectivity index (χ4v) is 0.864. The van der Waals surface area contributed by atoms with Gasteiger partial charge in [-0.3, -0.25) is 0 Å². The van der Waals surface area contributed by atoms with E-state index in [2.05, 4.69) is 9.31 Å². The number of benzene rings is 1. The zero-order valence-electron chi connectivity index (χ0n) is 7.07. The molecule has 1 aromatic carbocycles. The van der Waals surface area contributed by atoms with Crippen LogP contribution in [0.1, 0.15) is 0 Å². The van der Waals surface area contributed by atoms with Crippen molar-refractivity contribution in [3.63, 3.8) is 0 Å². The maximum atomic E-state index is 8.47. The number of rotatable bonds is 4. The summed E-state index contributed by atoms with van der Waals surface area (Å²) < 4.78 is 9.01. The molecule has 0 atom stereocenters. The van der Waals surface area contributed by atoms with Crippen LogP contribution in [0.4, 0.5) is 0 Å². The minimum Gasteiger partial charge on any atom is -0.512 e. The van der Waals surface area contributed by atoms with Crippen molar-refractivity contribution < 1.29 is 29.4 Å². The summed E-state index contributed by atoms with van der Waals surface area (Å²) in [6, 6.07) is 5.68. The Morgan fingerprint density at radius 1 is 0.857 bits per heavy atom. The standard InChI is InChI=1S/C6H8B2O6/c9-7(10)13-5-2-1-3-6(4-5)14-8(11)12/h1-4,9-12H.